The Labute approximate surface area is 49.7 Å². The number of nitrogens with two attached hydrogens (primary N) is 1. The standard InChI is InChI=1S/C6H13NO/c1-5(8)6(7)3-2-4-6/h5,8H,2-4,7H2,1H3. The first-order chi connectivity index (χ1) is 3.65. The Morgan fingerprint density at radius 3 is 2.12 bits per heavy atom. The molecule has 1 unspecified atom stereocenters. The first kappa shape index (κ1) is 6.05. The van der Waals surface area contributed by atoms with Gasteiger partial charge < -0.3 is 10.8 Å². The summed E-state index contributed by atoms with van der Waals surface area (Å²) in [4.78, 5) is 0. The van der Waals surface area contributed by atoms with Crippen molar-refractivity contribution in [1.29, 1.82) is 0 Å². The molecule has 2 heteroatoms. The Morgan fingerprint density at radius 2 is 2.12 bits per heavy atom. The molecule has 0 aromatic heterocycles. The van der Waals surface area contributed by atoms with Crippen LogP contribution in [0, 0.1) is 0 Å². The van der Waals surface area contributed by atoms with E-state index >= 15 is 0 Å². The molecule has 2 nitrogen and oxygen atoms in total. The Kier molecular flexibility index (Phi) is 1.29. The second-order valence-electron chi connectivity index (χ2n) is 2.76. The molecule has 0 aromatic carbocycles. The second kappa shape index (κ2) is 1.71. The lowest BCUT2D eigenvalue weighted by Crippen LogP contribution is -2.54. The lowest BCUT2D eigenvalue weighted by Gasteiger charge is -2.40. The molecule has 1 atom stereocenters. The molecule has 1 rings (SSSR count). The van der Waals surface area contributed by atoms with Gasteiger partial charge in [-0.15, -0.1) is 0 Å². The number of hydrogen-bond donors (Lipinski definition) is 2. The van der Waals surface area contributed by atoms with Crippen molar-refractivity contribution < 1.29 is 5.11 Å². The summed E-state index contributed by atoms with van der Waals surface area (Å²) in [6.07, 6.45) is 2.84. The lowest BCUT2D eigenvalue weighted by molar-refractivity contribution is 0.0487. The van der Waals surface area contributed by atoms with Crippen LogP contribution < -0.4 is 5.73 Å². The topological polar surface area (TPSA) is 46.2 Å². The number of hydrogen-bond acceptors (Lipinski definition) is 2. The van der Waals surface area contributed by atoms with Crippen LogP contribution in [-0.4, -0.2) is 16.7 Å². The highest BCUT2D eigenvalue weighted by Gasteiger charge is 2.36. The molecule has 0 aromatic rings. The van der Waals surface area contributed by atoms with Crippen molar-refractivity contribution in [3.05, 3.63) is 0 Å². The molecular formula is C6H13NO. The van der Waals surface area contributed by atoms with Crippen molar-refractivity contribution in [3.8, 4) is 0 Å². The van der Waals surface area contributed by atoms with Gasteiger partial charge in [0.1, 0.15) is 0 Å². The van der Waals surface area contributed by atoms with Crippen molar-refractivity contribution in [2.75, 3.05) is 0 Å². The van der Waals surface area contributed by atoms with Crippen LogP contribution in [-0.2, 0) is 0 Å². The quantitative estimate of drug-likeness (QED) is 0.514. The summed E-state index contributed by atoms with van der Waals surface area (Å²) in [7, 11) is 0. The van der Waals surface area contributed by atoms with E-state index in [2.05, 4.69) is 0 Å². The average Bonchev–Trinajstić information content (AvgIpc) is 1.60. The van der Waals surface area contributed by atoms with Crippen LogP contribution in [0.4, 0.5) is 0 Å². The Hall–Kier alpha value is -0.0800. The van der Waals surface area contributed by atoms with Crippen LogP contribution in [0.25, 0.3) is 0 Å². The Morgan fingerprint density at radius 1 is 1.62 bits per heavy atom. The van der Waals surface area contributed by atoms with E-state index in [0.29, 0.717) is 0 Å². The summed E-state index contributed by atoms with van der Waals surface area (Å²) in [6, 6.07) is 0. The summed E-state index contributed by atoms with van der Waals surface area (Å²) >= 11 is 0. The van der Waals surface area contributed by atoms with Crippen LogP contribution in [0.15, 0.2) is 0 Å². The van der Waals surface area contributed by atoms with Gasteiger partial charge >= 0.3 is 0 Å². The molecule has 3 N–H and O–H groups in total. The van der Waals surface area contributed by atoms with Gasteiger partial charge in [0.05, 0.1) is 6.10 Å². The zero-order valence-corrected chi connectivity index (χ0v) is 5.22. The van der Waals surface area contributed by atoms with E-state index in [0.717, 1.165) is 12.8 Å². The third-order valence-corrected chi connectivity index (χ3v) is 2.12. The minimum atomic E-state index is -0.323. The third-order valence-electron chi connectivity index (χ3n) is 2.12. The van der Waals surface area contributed by atoms with E-state index in [4.69, 9.17) is 10.8 Å². The van der Waals surface area contributed by atoms with Gasteiger partial charge in [-0.3, -0.25) is 0 Å². The van der Waals surface area contributed by atoms with Gasteiger partial charge in [-0.05, 0) is 26.2 Å². The minimum Gasteiger partial charge on any atom is -0.392 e. The maximum Gasteiger partial charge on any atom is 0.0691 e. The second-order valence-corrected chi connectivity index (χ2v) is 2.76. The molecule has 0 aliphatic heterocycles. The fraction of sp³-hybridized carbons (Fsp3) is 1.00. The van der Waals surface area contributed by atoms with E-state index in [1.165, 1.54) is 6.42 Å². The maximum absolute atomic E-state index is 9.01. The van der Waals surface area contributed by atoms with Gasteiger partial charge in [0, 0.05) is 5.54 Å². The maximum atomic E-state index is 9.01. The molecule has 1 aliphatic carbocycles. The molecule has 0 radical (unpaired) electrons. The molecule has 0 spiro atoms. The fourth-order valence-electron chi connectivity index (χ4n) is 1.00. The van der Waals surface area contributed by atoms with Gasteiger partial charge in [0.15, 0.2) is 0 Å². The number of aliphatic hydroxyl groups excluding tert-OH is 1. The highest BCUT2D eigenvalue weighted by Crippen LogP contribution is 2.31. The zero-order chi connectivity index (χ0) is 6.20. The Balaban J connectivity index is 2.41. The van der Waals surface area contributed by atoms with Crippen LogP contribution in [0.5, 0.6) is 0 Å². The zero-order valence-electron chi connectivity index (χ0n) is 5.22. The van der Waals surface area contributed by atoms with Crippen LogP contribution in [0.3, 0.4) is 0 Å². The number of aliphatic hydroxyl groups is 1. The van der Waals surface area contributed by atoms with Crippen molar-refractivity contribution in [2.45, 2.75) is 37.8 Å². The summed E-state index contributed by atoms with van der Waals surface area (Å²) in [5.41, 5.74) is 5.47. The normalized spacial score (nSPS) is 28.9. The average molecular weight is 115 g/mol. The molecule has 1 fully saturated rings. The third kappa shape index (κ3) is 0.740. The molecular weight excluding hydrogens is 102 g/mol. The smallest absolute Gasteiger partial charge is 0.0691 e. The molecule has 1 aliphatic rings. The van der Waals surface area contributed by atoms with Gasteiger partial charge in [-0.2, -0.15) is 0 Å². The monoisotopic (exact) mass is 115 g/mol. The van der Waals surface area contributed by atoms with Gasteiger partial charge in [0.2, 0.25) is 0 Å². The summed E-state index contributed by atoms with van der Waals surface area (Å²) in [6.45, 7) is 1.76. The lowest BCUT2D eigenvalue weighted by atomic mass is 9.74. The largest absolute Gasteiger partial charge is 0.392 e. The number of rotatable bonds is 1. The highest BCUT2D eigenvalue weighted by molar-refractivity contribution is 4.96. The van der Waals surface area contributed by atoms with E-state index in [9.17, 15) is 0 Å². The minimum absolute atomic E-state index is 0.222. The van der Waals surface area contributed by atoms with Gasteiger partial charge in [-0.1, -0.05) is 0 Å². The van der Waals surface area contributed by atoms with Crippen LogP contribution in [0.1, 0.15) is 26.2 Å². The van der Waals surface area contributed by atoms with E-state index < -0.39 is 0 Å². The molecule has 48 valence electrons. The van der Waals surface area contributed by atoms with Crippen LogP contribution in [0.2, 0.25) is 0 Å². The highest BCUT2D eigenvalue weighted by atomic mass is 16.3. The predicted molar refractivity (Wildman–Crippen MR) is 32.5 cm³/mol. The van der Waals surface area contributed by atoms with Crippen molar-refractivity contribution >= 4 is 0 Å². The SMILES string of the molecule is CC(O)C1(N)CCC1. The van der Waals surface area contributed by atoms with Gasteiger partial charge in [0.25, 0.3) is 0 Å². The molecule has 8 heavy (non-hydrogen) atoms. The van der Waals surface area contributed by atoms with E-state index in [1.807, 2.05) is 0 Å². The van der Waals surface area contributed by atoms with Gasteiger partial charge in [-0.25, -0.2) is 0 Å². The molecule has 0 heterocycles. The first-order valence-corrected chi connectivity index (χ1v) is 3.12. The molecule has 0 bridgehead atoms. The molecule has 0 saturated heterocycles. The van der Waals surface area contributed by atoms with Crippen LogP contribution >= 0.6 is 0 Å². The van der Waals surface area contributed by atoms with Crippen molar-refractivity contribution in [2.24, 2.45) is 5.73 Å². The predicted octanol–water partition coefficient (Wildman–Crippen LogP) is 0.249. The Bertz CT molecular complexity index is 86.5. The summed E-state index contributed by atoms with van der Waals surface area (Å²) in [5.74, 6) is 0. The summed E-state index contributed by atoms with van der Waals surface area (Å²) < 4.78 is 0. The molecule has 0 amide bonds. The van der Waals surface area contributed by atoms with E-state index in [1.54, 1.807) is 6.92 Å². The van der Waals surface area contributed by atoms with Crippen molar-refractivity contribution in [3.63, 3.8) is 0 Å². The first-order valence-electron chi connectivity index (χ1n) is 3.12. The van der Waals surface area contributed by atoms with Crippen molar-refractivity contribution in [1.82, 2.24) is 0 Å². The van der Waals surface area contributed by atoms with E-state index in [-0.39, 0.29) is 11.6 Å². The molecule has 1 saturated carbocycles. The fourth-order valence-corrected chi connectivity index (χ4v) is 1.00. The summed E-state index contributed by atoms with van der Waals surface area (Å²) in [5, 5.41) is 9.01.